The Morgan fingerprint density at radius 2 is 1.88 bits per heavy atom. The number of aryl methyl sites for hydroxylation is 1. The van der Waals surface area contributed by atoms with Crippen LogP contribution in [0.15, 0.2) is 53.0 Å². The lowest BCUT2D eigenvalue weighted by atomic mass is 10.2. The van der Waals surface area contributed by atoms with E-state index in [2.05, 4.69) is 39.2 Å². The van der Waals surface area contributed by atoms with E-state index in [0.717, 1.165) is 51.3 Å². The van der Waals surface area contributed by atoms with Crippen LogP contribution in [-0.4, -0.2) is 39.0 Å². The number of hydrogen-bond acceptors (Lipinski definition) is 8. The zero-order chi connectivity index (χ0) is 22.8. The molecule has 0 atom stereocenters. The van der Waals surface area contributed by atoms with E-state index in [4.69, 9.17) is 19.4 Å². The van der Waals surface area contributed by atoms with Crippen LogP contribution in [0.1, 0.15) is 19.0 Å². The van der Waals surface area contributed by atoms with E-state index < -0.39 is 0 Å². The number of methoxy groups -OCH3 is 2. The third kappa shape index (κ3) is 4.02. The van der Waals surface area contributed by atoms with Crippen molar-refractivity contribution in [2.45, 2.75) is 30.8 Å². The molecule has 2 aromatic carbocycles. The molecule has 3 aromatic heterocycles. The molecule has 0 spiro atoms. The summed E-state index contributed by atoms with van der Waals surface area (Å²) in [6.07, 6.45) is 1.02. The van der Waals surface area contributed by atoms with Crippen molar-refractivity contribution in [1.82, 2.24) is 24.7 Å². The minimum absolute atomic E-state index is 0.649. The zero-order valence-corrected chi connectivity index (χ0v) is 20.2. The van der Waals surface area contributed by atoms with Gasteiger partial charge in [-0.2, -0.15) is 0 Å². The number of rotatable bonds is 8. The van der Waals surface area contributed by atoms with Gasteiger partial charge in [0.05, 0.1) is 31.0 Å². The van der Waals surface area contributed by atoms with E-state index in [9.17, 15) is 0 Å². The predicted octanol–water partition coefficient (Wildman–Crippen LogP) is 5.82. The summed E-state index contributed by atoms with van der Waals surface area (Å²) in [5, 5.41) is 13.6. The average molecular weight is 478 g/mol. The molecular weight excluding hydrogens is 454 g/mol. The van der Waals surface area contributed by atoms with Gasteiger partial charge in [0.2, 0.25) is 5.16 Å². The number of para-hydroxylation sites is 2. The summed E-state index contributed by atoms with van der Waals surface area (Å²) < 4.78 is 13.2. The molecule has 0 amide bonds. The number of aromatic nitrogens is 5. The minimum Gasteiger partial charge on any atom is -0.493 e. The summed E-state index contributed by atoms with van der Waals surface area (Å²) in [5.41, 5.74) is 4.76. The maximum Gasteiger partial charge on any atom is 0.211 e. The van der Waals surface area contributed by atoms with E-state index in [1.807, 2.05) is 30.3 Å². The summed E-state index contributed by atoms with van der Waals surface area (Å²) in [6.45, 7) is 3.06. The first-order chi connectivity index (χ1) is 16.2. The molecule has 168 valence electrons. The first-order valence-electron chi connectivity index (χ1n) is 10.6. The van der Waals surface area contributed by atoms with Gasteiger partial charge in [-0.3, -0.25) is 0 Å². The predicted molar refractivity (Wildman–Crippen MR) is 133 cm³/mol. The number of thioether (sulfide) groups is 1. The highest BCUT2D eigenvalue weighted by Crippen LogP contribution is 2.39. The first-order valence-corrected chi connectivity index (χ1v) is 12.5. The number of nitrogens with zero attached hydrogens (tertiary/aromatic N) is 5. The highest BCUT2D eigenvalue weighted by molar-refractivity contribution is 7.98. The van der Waals surface area contributed by atoms with Crippen molar-refractivity contribution < 1.29 is 9.47 Å². The molecule has 7 nitrogen and oxygen atoms in total. The first kappa shape index (κ1) is 21.7. The van der Waals surface area contributed by atoms with Crippen molar-refractivity contribution in [2.24, 2.45) is 0 Å². The number of hydrogen-bond donors (Lipinski definition) is 0. The van der Waals surface area contributed by atoms with E-state index in [0.29, 0.717) is 22.4 Å². The van der Waals surface area contributed by atoms with Gasteiger partial charge < -0.3 is 14.0 Å². The third-order valence-electron chi connectivity index (χ3n) is 5.34. The van der Waals surface area contributed by atoms with Crippen LogP contribution in [-0.2, 0) is 12.3 Å². The molecule has 0 aliphatic heterocycles. The molecule has 0 saturated heterocycles. The second-order valence-electron chi connectivity index (χ2n) is 7.41. The van der Waals surface area contributed by atoms with Gasteiger partial charge in [0.15, 0.2) is 17.1 Å². The van der Waals surface area contributed by atoms with Crippen molar-refractivity contribution in [3.8, 4) is 22.1 Å². The quantitative estimate of drug-likeness (QED) is 0.261. The Labute approximate surface area is 199 Å². The fourth-order valence-corrected chi connectivity index (χ4v) is 5.51. The molecule has 0 unspecified atom stereocenters. The maximum absolute atomic E-state index is 5.56. The molecule has 0 aliphatic carbocycles. The van der Waals surface area contributed by atoms with Gasteiger partial charge in [0, 0.05) is 23.1 Å². The molecule has 0 N–H and O–H groups in total. The maximum atomic E-state index is 5.56. The van der Waals surface area contributed by atoms with Crippen LogP contribution < -0.4 is 9.47 Å². The Morgan fingerprint density at radius 3 is 2.70 bits per heavy atom. The van der Waals surface area contributed by atoms with Crippen LogP contribution in [0.4, 0.5) is 0 Å². The molecule has 33 heavy (non-hydrogen) atoms. The van der Waals surface area contributed by atoms with Crippen LogP contribution in [0.3, 0.4) is 0 Å². The highest BCUT2D eigenvalue weighted by Gasteiger charge is 2.16. The molecule has 9 heteroatoms. The van der Waals surface area contributed by atoms with Crippen LogP contribution >= 0.6 is 23.1 Å². The lowest BCUT2D eigenvalue weighted by Crippen LogP contribution is -2.00. The summed E-state index contributed by atoms with van der Waals surface area (Å²) in [7, 11) is 3.28. The van der Waals surface area contributed by atoms with Crippen molar-refractivity contribution in [2.75, 3.05) is 14.2 Å². The lowest BCUT2D eigenvalue weighted by molar-refractivity contribution is 0.356. The van der Waals surface area contributed by atoms with Gasteiger partial charge in [-0.25, -0.2) is 9.97 Å². The van der Waals surface area contributed by atoms with E-state index in [1.54, 1.807) is 37.3 Å². The summed E-state index contributed by atoms with van der Waals surface area (Å²) in [5.74, 6) is 2.04. The fraction of sp³-hybridized carbons (Fsp3) is 0.250. The normalized spacial score (nSPS) is 11.4. The van der Waals surface area contributed by atoms with Crippen LogP contribution in [0.25, 0.3) is 32.6 Å². The van der Waals surface area contributed by atoms with E-state index in [1.165, 1.54) is 0 Å². The van der Waals surface area contributed by atoms with Gasteiger partial charge in [-0.1, -0.05) is 43.0 Å². The van der Waals surface area contributed by atoms with Gasteiger partial charge >= 0.3 is 0 Å². The molecule has 0 bridgehead atoms. The number of thiazole rings is 1. The highest BCUT2D eigenvalue weighted by atomic mass is 32.2. The smallest absolute Gasteiger partial charge is 0.211 e. The van der Waals surface area contributed by atoms with Gasteiger partial charge in [-0.05, 0) is 24.6 Å². The lowest BCUT2D eigenvalue weighted by Gasteiger charge is -2.10. The van der Waals surface area contributed by atoms with Gasteiger partial charge in [0.25, 0.3) is 0 Å². The Hall–Kier alpha value is -3.17. The van der Waals surface area contributed by atoms with E-state index >= 15 is 0 Å². The standard InChI is InChI=1S/C24H23N5O2S2/c1-4-12-29-18-10-6-5-8-16(18)20-22(29)26-24(28-27-20)33-14-15-13-32-23(25-15)17-9-7-11-19(30-2)21(17)31-3/h5-11,13H,4,12,14H2,1-3H3. The van der Waals surface area contributed by atoms with Crippen LogP contribution in [0.2, 0.25) is 0 Å². The topological polar surface area (TPSA) is 75.0 Å². The zero-order valence-electron chi connectivity index (χ0n) is 18.6. The van der Waals surface area contributed by atoms with Crippen LogP contribution in [0.5, 0.6) is 11.5 Å². The van der Waals surface area contributed by atoms with Crippen molar-refractivity contribution in [3.05, 3.63) is 53.5 Å². The molecule has 0 saturated carbocycles. The molecule has 0 radical (unpaired) electrons. The SMILES string of the molecule is CCCn1c2ccccc2c2nnc(SCc3csc(-c4cccc(OC)c4OC)n3)nc21. The molecule has 5 aromatic rings. The van der Waals surface area contributed by atoms with Crippen molar-refractivity contribution in [3.63, 3.8) is 0 Å². The summed E-state index contributed by atoms with van der Waals surface area (Å²) >= 11 is 3.12. The second-order valence-corrected chi connectivity index (χ2v) is 9.21. The fourth-order valence-electron chi connectivity index (χ4n) is 3.89. The molecule has 0 fully saturated rings. The molecular formula is C24H23N5O2S2. The minimum atomic E-state index is 0.649. The van der Waals surface area contributed by atoms with E-state index in [-0.39, 0.29) is 0 Å². The van der Waals surface area contributed by atoms with Crippen LogP contribution in [0, 0.1) is 0 Å². The molecule has 0 aliphatic rings. The van der Waals surface area contributed by atoms with Gasteiger partial charge in [-0.15, -0.1) is 21.5 Å². The Kier molecular flexibility index (Phi) is 6.15. The summed E-state index contributed by atoms with van der Waals surface area (Å²) in [4.78, 5) is 9.66. The third-order valence-corrected chi connectivity index (χ3v) is 7.13. The Bertz CT molecular complexity index is 1430. The summed E-state index contributed by atoms with van der Waals surface area (Å²) in [6, 6.07) is 14.1. The molecule has 5 rings (SSSR count). The Morgan fingerprint density at radius 1 is 1.00 bits per heavy atom. The molecule has 3 heterocycles. The number of fused-ring (bicyclic) bond motifs is 3. The van der Waals surface area contributed by atoms with Crippen molar-refractivity contribution >= 4 is 45.2 Å². The van der Waals surface area contributed by atoms with Crippen molar-refractivity contribution in [1.29, 1.82) is 0 Å². The number of ether oxygens (including phenoxy) is 2. The van der Waals surface area contributed by atoms with Gasteiger partial charge in [0.1, 0.15) is 10.5 Å². The largest absolute Gasteiger partial charge is 0.493 e. The number of benzene rings is 2. The average Bonchev–Trinajstić information content (AvgIpc) is 3.45. The monoisotopic (exact) mass is 477 g/mol. The Balaban J connectivity index is 1.41. The second kappa shape index (κ2) is 9.36.